The SMILES string of the molecule is Fc1ccc(C2CC(NCCC3CCCO3)C2)cc1. The standard InChI is InChI=1S/C16H22FNO/c17-14-5-3-12(4-6-14)13-10-15(11-13)18-8-7-16-2-1-9-19-16/h3-6,13,15-16,18H,1-2,7-11H2. The van der Waals surface area contributed by atoms with Crippen LogP contribution in [-0.4, -0.2) is 25.3 Å². The fraction of sp³-hybridized carbons (Fsp3) is 0.625. The Hall–Kier alpha value is -0.930. The van der Waals surface area contributed by atoms with E-state index in [-0.39, 0.29) is 5.82 Å². The summed E-state index contributed by atoms with van der Waals surface area (Å²) in [5.41, 5.74) is 1.28. The van der Waals surface area contributed by atoms with Crippen LogP contribution in [0.3, 0.4) is 0 Å². The Labute approximate surface area is 114 Å². The van der Waals surface area contributed by atoms with E-state index in [2.05, 4.69) is 5.32 Å². The Kier molecular flexibility index (Phi) is 4.14. The fourth-order valence-electron chi connectivity index (χ4n) is 3.11. The molecule has 19 heavy (non-hydrogen) atoms. The zero-order valence-corrected chi connectivity index (χ0v) is 11.3. The van der Waals surface area contributed by atoms with Gasteiger partial charge < -0.3 is 10.1 Å². The van der Waals surface area contributed by atoms with Crippen LogP contribution < -0.4 is 5.32 Å². The summed E-state index contributed by atoms with van der Waals surface area (Å²) in [7, 11) is 0. The Bertz CT molecular complexity index is 394. The number of benzene rings is 1. The van der Waals surface area contributed by atoms with Gasteiger partial charge in [0.1, 0.15) is 5.82 Å². The van der Waals surface area contributed by atoms with Gasteiger partial charge in [0.15, 0.2) is 0 Å². The van der Waals surface area contributed by atoms with Crippen molar-refractivity contribution in [3.05, 3.63) is 35.6 Å². The lowest BCUT2D eigenvalue weighted by molar-refractivity contribution is 0.102. The molecule has 1 atom stereocenters. The van der Waals surface area contributed by atoms with E-state index >= 15 is 0 Å². The Balaban J connectivity index is 1.34. The molecule has 1 N–H and O–H groups in total. The van der Waals surface area contributed by atoms with Crippen molar-refractivity contribution in [2.45, 2.75) is 50.2 Å². The second kappa shape index (κ2) is 6.02. The van der Waals surface area contributed by atoms with Crippen LogP contribution >= 0.6 is 0 Å². The molecular weight excluding hydrogens is 241 g/mol. The van der Waals surface area contributed by atoms with Gasteiger partial charge in [-0.15, -0.1) is 0 Å². The largest absolute Gasteiger partial charge is 0.378 e. The minimum atomic E-state index is -0.144. The molecule has 1 aliphatic heterocycles. The van der Waals surface area contributed by atoms with Crippen LogP contribution in [-0.2, 0) is 4.74 Å². The maximum absolute atomic E-state index is 12.8. The molecular formula is C16H22FNO. The van der Waals surface area contributed by atoms with Crippen LogP contribution in [0.4, 0.5) is 4.39 Å². The van der Waals surface area contributed by atoms with Gasteiger partial charge in [-0.1, -0.05) is 12.1 Å². The summed E-state index contributed by atoms with van der Waals surface area (Å²) in [5, 5.41) is 3.60. The molecule has 1 aromatic rings. The second-order valence-electron chi connectivity index (χ2n) is 5.79. The van der Waals surface area contributed by atoms with E-state index in [1.807, 2.05) is 12.1 Å². The van der Waals surface area contributed by atoms with Gasteiger partial charge in [0.25, 0.3) is 0 Å². The van der Waals surface area contributed by atoms with Crippen molar-refractivity contribution in [2.75, 3.05) is 13.2 Å². The molecule has 1 heterocycles. The van der Waals surface area contributed by atoms with Crippen molar-refractivity contribution in [3.63, 3.8) is 0 Å². The van der Waals surface area contributed by atoms with Crippen molar-refractivity contribution in [3.8, 4) is 0 Å². The van der Waals surface area contributed by atoms with Gasteiger partial charge in [0.05, 0.1) is 6.10 Å². The first-order chi connectivity index (χ1) is 9.31. The van der Waals surface area contributed by atoms with E-state index in [9.17, 15) is 4.39 Å². The molecule has 0 spiro atoms. The van der Waals surface area contributed by atoms with Crippen molar-refractivity contribution in [2.24, 2.45) is 0 Å². The maximum atomic E-state index is 12.8. The van der Waals surface area contributed by atoms with Crippen LogP contribution in [0.25, 0.3) is 0 Å². The topological polar surface area (TPSA) is 21.3 Å². The number of hydrogen-bond acceptors (Lipinski definition) is 2. The van der Waals surface area contributed by atoms with E-state index in [0.29, 0.717) is 18.1 Å². The summed E-state index contributed by atoms with van der Waals surface area (Å²) in [5.74, 6) is 0.468. The summed E-state index contributed by atoms with van der Waals surface area (Å²) < 4.78 is 18.5. The molecule has 3 heteroatoms. The second-order valence-corrected chi connectivity index (χ2v) is 5.79. The molecule has 0 bridgehead atoms. The molecule has 2 fully saturated rings. The Morgan fingerprint density at radius 1 is 1.21 bits per heavy atom. The molecule has 3 rings (SSSR count). The number of rotatable bonds is 5. The lowest BCUT2D eigenvalue weighted by Crippen LogP contribution is -2.41. The van der Waals surface area contributed by atoms with E-state index < -0.39 is 0 Å². The molecule has 2 aliphatic rings. The molecule has 0 aromatic heterocycles. The van der Waals surface area contributed by atoms with Gasteiger partial charge in [-0.25, -0.2) is 4.39 Å². The van der Waals surface area contributed by atoms with Gasteiger partial charge in [0.2, 0.25) is 0 Å². The fourth-order valence-corrected chi connectivity index (χ4v) is 3.11. The average molecular weight is 263 g/mol. The van der Waals surface area contributed by atoms with Gasteiger partial charge in [-0.05, 0) is 62.3 Å². The summed E-state index contributed by atoms with van der Waals surface area (Å²) >= 11 is 0. The predicted molar refractivity (Wildman–Crippen MR) is 73.8 cm³/mol. The van der Waals surface area contributed by atoms with E-state index in [4.69, 9.17) is 4.74 Å². The minimum Gasteiger partial charge on any atom is -0.378 e. The zero-order valence-electron chi connectivity index (χ0n) is 11.3. The normalized spacial score (nSPS) is 30.3. The van der Waals surface area contributed by atoms with E-state index in [1.54, 1.807) is 12.1 Å². The third-order valence-electron chi connectivity index (χ3n) is 4.40. The van der Waals surface area contributed by atoms with Crippen molar-refractivity contribution >= 4 is 0 Å². The Morgan fingerprint density at radius 2 is 2.00 bits per heavy atom. The lowest BCUT2D eigenvalue weighted by Gasteiger charge is -2.36. The highest BCUT2D eigenvalue weighted by Crippen LogP contribution is 2.36. The first kappa shape index (κ1) is 13.1. The van der Waals surface area contributed by atoms with Gasteiger partial charge in [-0.2, -0.15) is 0 Å². The molecule has 104 valence electrons. The highest BCUT2D eigenvalue weighted by Gasteiger charge is 2.29. The molecule has 1 aromatic carbocycles. The lowest BCUT2D eigenvalue weighted by atomic mass is 9.76. The molecule has 2 nitrogen and oxygen atoms in total. The summed E-state index contributed by atoms with van der Waals surface area (Å²) in [6, 6.07) is 7.60. The van der Waals surface area contributed by atoms with Crippen LogP contribution in [0, 0.1) is 5.82 Å². The van der Waals surface area contributed by atoms with Gasteiger partial charge in [0, 0.05) is 12.6 Å². The number of halogens is 1. The zero-order chi connectivity index (χ0) is 13.1. The molecule has 1 aliphatic carbocycles. The summed E-state index contributed by atoms with van der Waals surface area (Å²) in [4.78, 5) is 0. The monoisotopic (exact) mass is 263 g/mol. The first-order valence-corrected chi connectivity index (χ1v) is 7.42. The highest BCUT2D eigenvalue weighted by molar-refractivity contribution is 5.23. The average Bonchev–Trinajstić information content (AvgIpc) is 2.87. The first-order valence-electron chi connectivity index (χ1n) is 7.42. The van der Waals surface area contributed by atoms with E-state index in [0.717, 1.165) is 19.6 Å². The minimum absolute atomic E-state index is 0.144. The summed E-state index contributed by atoms with van der Waals surface area (Å²) in [6.07, 6.45) is 6.43. The summed E-state index contributed by atoms with van der Waals surface area (Å²) in [6.45, 7) is 2.01. The van der Waals surface area contributed by atoms with Crippen molar-refractivity contribution < 1.29 is 9.13 Å². The van der Waals surface area contributed by atoms with Crippen LogP contribution in [0.5, 0.6) is 0 Å². The van der Waals surface area contributed by atoms with Crippen LogP contribution in [0.2, 0.25) is 0 Å². The molecule has 0 radical (unpaired) electrons. The molecule has 1 saturated heterocycles. The number of hydrogen-bond donors (Lipinski definition) is 1. The Morgan fingerprint density at radius 3 is 2.68 bits per heavy atom. The maximum Gasteiger partial charge on any atom is 0.123 e. The van der Waals surface area contributed by atoms with Crippen molar-refractivity contribution in [1.82, 2.24) is 5.32 Å². The quantitative estimate of drug-likeness (QED) is 0.880. The van der Waals surface area contributed by atoms with Crippen LogP contribution in [0.1, 0.15) is 43.6 Å². The molecule has 0 amide bonds. The third-order valence-corrected chi connectivity index (χ3v) is 4.40. The predicted octanol–water partition coefficient (Wildman–Crippen LogP) is 3.23. The smallest absolute Gasteiger partial charge is 0.123 e. The number of nitrogens with one attached hydrogen (secondary N) is 1. The van der Waals surface area contributed by atoms with Crippen LogP contribution in [0.15, 0.2) is 24.3 Å². The van der Waals surface area contributed by atoms with Gasteiger partial charge >= 0.3 is 0 Å². The van der Waals surface area contributed by atoms with Crippen molar-refractivity contribution in [1.29, 1.82) is 0 Å². The molecule has 1 saturated carbocycles. The van der Waals surface area contributed by atoms with E-state index in [1.165, 1.54) is 31.2 Å². The number of ether oxygens (including phenoxy) is 1. The third kappa shape index (κ3) is 3.34. The molecule has 1 unspecified atom stereocenters. The van der Waals surface area contributed by atoms with Gasteiger partial charge in [-0.3, -0.25) is 0 Å². The highest BCUT2D eigenvalue weighted by atomic mass is 19.1.